The Morgan fingerprint density at radius 1 is 1.28 bits per heavy atom. The first-order chi connectivity index (χ1) is 8.71. The smallest absolute Gasteiger partial charge is 0.119 e. The van der Waals surface area contributed by atoms with Gasteiger partial charge in [-0.1, -0.05) is 51.7 Å². The van der Waals surface area contributed by atoms with Gasteiger partial charge in [0.05, 0.1) is 13.2 Å². The Morgan fingerprint density at radius 2 is 2.06 bits per heavy atom. The number of methoxy groups -OCH3 is 1. The summed E-state index contributed by atoms with van der Waals surface area (Å²) in [6, 6.07) is 7.74. The van der Waals surface area contributed by atoms with Crippen LogP contribution in [0.25, 0.3) is 0 Å². The van der Waals surface area contributed by atoms with Crippen molar-refractivity contribution in [3.8, 4) is 5.75 Å². The quantitative estimate of drug-likeness (QED) is 0.744. The maximum atomic E-state index is 10.3. The fourth-order valence-corrected chi connectivity index (χ4v) is 2.28. The molecule has 2 atom stereocenters. The maximum Gasteiger partial charge on any atom is 0.119 e. The Kier molecular flexibility index (Phi) is 6.81. The van der Waals surface area contributed by atoms with Crippen molar-refractivity contribution in [3.63, 3.8) is 0 Å². The van der Waals surface area contributed by atoms with E-state index in [2.05, 4.69) is 13.8 Å². The van der Waals surface area contributed by atoms with Gasteiger partial charge in [0.15, 0.2) is 0 Å². The zero-order chi connectivity index (χ0) is 13.4. The highest BCUT2D eigenvalue weighted by Crippen LogP contribution is 2.28. The molecule has 0 saturated carbocycles. The normalized spacial score (nSPS) is 14.2. The summed E-state index contributed by atoms with van der Waals surface area (Å²) in [5.41, 5.74) is 0.962. The van der Waals surface area contributed by atoms with E-state index >= 15 is 0 Å². The molecular weight excluding hydrogens is 224 g/mol. The summed E-state index contributed by atoms with van der Waals surface area (Å²) < 4.78 is 5.19. The molecule has 0 bridgehead atoms. The number of unbranched alkanes of at least 4 members (excludes halogenated alkanes) is 1. The van der Waals surface area contributed by atoms with Crippen molar-refractivity contribution in [2.24, 2.45) is 5.92 Å². The van der Waals surface area contributed by atoms with Crippen molar-refractivity contribution in [3.05, 3.63) is 29.8 Å². The van der Waals surface area contributed by atoms with Gasteiger partial charge in [0.25, 0.3) is 0 Å². The van der Waals surface area contributed by atoms with E-state index in [4.69, 9.17) is 4.74 Å². The number of hydrogen-bond acceptors (Lipinski definition) is 2. The van der Waals surface area contributed by atoms with E-state index in [1.54, 1.807) is 7.11 Å². The molecule has 0 heterocycles. The SMILES string of the molecule is CCCCC(CC)CC(O)c1cccc(OC)c1. The lowest BCUT2D eigenvalue weighted by molar-refractivity contribution is 0.139. The fraction of sp³-hybridized carbons (Fsp3) is 0.625. The molecule has 2 nitrogen and oxygen atoms in total. The van der Waals surface area contributed by atoms with Crippen LogP contribution in [0.2, 0.25) is 0 Å². The molecule has 2 heteroatoms. The van der Waals surface area contributed by atoms with Gasteiger partial charge in [0.2, 0.25) is 0 Å². The Bertz CT molecular complexity index is 336. The second-order valence-corrected chi connectivity index (χ2v) is 4.94. The van der Waals surface area contributed by atoms with Gasteiger partial charge >= 0.3 is 0 Å². The van der Waals surface area contributed by atoms with E-state index in [0.29, 0.717) is 5.92 Å². The van der Waals surface area contributed by atoms with Crippen molar-refractivity contribution >= 4 is 0 Å². The zero-order valence-electron chi connectivity index (χ0n) is 11.9. The Morgan fingerprint density at radius 3 is 2.67 bits per heavy atom. The summed E-state index contributed by atoms with van der Waals surface area (Å²) in [5.74, 6) is 1.43. The van der Waals surface area contributed by atoms with E-state index < -0.39 is 0 Å². The van der Waals surface area contributed by atoms with Crippen molar-refractivity contribution in [2.45, 2.75) is 52.1 Å². The Balaban J connectivity index is 2.59. The third kappa shape index (κ3) is 4.69. The van der Waals surface area contributed by atoms with Crippen molar-refractivity contribution < 1.29 is 9.84 Å². The largest absolute Gasteiger partial charge is 0.497 e. The van der Waals surface area contributed by atoms with Gasteiger partial charge < -0.3 is 9.84 Å². The van der Waals surface area contributed by atoms with Crippen LogP contribution in [-0.4, -0.2) is 12.2 Å². The molecule has 18 heavy (non-hydrogen) atoms. The molecule has 1 aromatic carbocycles. The van der Waals surface area contributed by atoms with E-state index in [1.165, 1.54) is 19.3 Å². The van der Waals surface area contributed by atoms with E-state index in [0.717, 1.165) is 24.2 Å². The molecule has 0 amide bonds. The summed E-state index contributed by atoms with van der Waals surface area (Å²) in [7, 11) is 1.65. The minimum absolute atomic E-state index is 0.373. The van der Waals surface area contributed by atoms with Gasteiger partial charge in [-0.2, -0.15) is 0 Å². The summed E-state index contributed by atoms with van der Waals surface area (Å²) in [4.78, 5) is 0. The summed E-state index contributed by atoms with van der Waals surface area (Å²) >= 11 is 0. The number of hydrogen-bond donors (Lipinski definition) is 1. The third-order valence-electron chi connectivity index (χ3n) is 3.58. The maximum absolute atomic E-state index is 10.3. The van der Waals surface area contributed by atoms with Crippen molar-refractivity contribution in [1.82, 2.24) is 0 Å². The van der Waals surface area contributed by atoms with Gasteiger partial charge in [-0.05, 0) is 30.0 Å². The van der Waals surface area contributed by atoms with Crippen LogP contribution in [0.5, 0.6) is 5.75 Å². The molecule has 0 aliphatic rings. The second-order valence-electron chi connectivity index (χ2n) is 4.94. The van der Waals surface area contributed by atoms with Crippen LogP contribution in [-0.2, 0) is 0 Å². The highest BCUT2D eigenvalue weighted by molar-refractivity contribution is 5.29. The zero-order valence-corrected chi connectivity index (χ0v) is 11.9. The van der Waals surface area contributed by atoms with Crippen LogP contribution in [0.1, 0.15) is 57.6 Å². The van der Waals surface area contributed by atoms with Gasteiger partial charge in [-0.3, -0.25) is 0 Å². The van der Waals surface area contributed by atoms with Gasteiger partial charge in [-0.15, -0.1) is 0 Å². The summed E-state index contributed by atoms with van der Waals surface area (Å²) in [5, 5.41) is 10.3. The first-order valence-electron chi connectivity index (χ1n) is 7.03. The van der Waals surface area contributed by atoms with E-state index in [9.17, 15) is 5.11 Å². The highest BCUT2D eigenvalue weighted by Gasteiger charge is 2.14. The molecule has 0 fully saturated rings. The number of rotatable bonds is 8. The van der Waals surface area contributed by atoms with Gasteiger partial charge in [0.1, 0.15) is 5.75 Å². The Labute approximate surface area is 111 Å². The monoisotopic (exact) mass is 250 g/mol. The molecule has 0 aliphatic carbocycles. The topological polar surface area (TPSA) is 29.5 Å². The van der Waals surface area contributed by atoms with Crippen LogP contribution in [0.15, 0.2) is 24.3 Å². The fourth-order valence-electron chi connectivity index (χ4n) is 2.28. The third-order valence-corrected chi connectivity index (χ3v) is 3.58. The lowest BCUT2D eigenvalue weighted by atomic mass is 9.90. The standard InChI is InChI=1S/C16H26O2/c1-4-6-8-13(5-2)11-16(17)14-9-7-10-15(12-14)18-3/h7,9-10,12-13,16-17H,4-6,8,11H2,1-3H3. The molecule has 2 unspecified atom stereocenters. The van der Waals surface area contributed by atoms with Crippen molar-refractivity contribution in [1.29, 1.82) is 0 Å². The summed E-state index contributed by atoms with van der Waals surface area (Å²) in [6.07, 6.45) is 5.32. The molecule has 1 rings (SSSR count). The van der Waals surface area contributed by atoms with E-state index in [1.807, 2.05) is 24.3 Å². The van der Waals surface area contributed by atoms with E-state index in [-0.39, 0.29) is 6.10 Å². The molecule has 102 valence electrons. The predicted octanol–water partition coefficient (Wildman–Crippen LogP) is 4.34. The molecule has 0 aliphatic heterocycles. The molecule has 0 spiro atoms. The number of aliphatic hydroxyl groups excluding tert-OH is 1. The molecule has 1 N–H and O–H groups in total. The average Bonchev–Trinajstić information content (AvgIpc) is 2.43. The molecule has 0 aromatic heterocycles. The van der Waals surface area contributed by atoms with Crippen LogP contribution < -0.4 is 4.74 Å². The summed E-state index contributed by atoms with van der Waals surface area (Å²) in [6.45, 7) is 4.42. The first kappa shape index (κ1) is 15.0. The lowest BCUT2D eigenvalue weighted by Crippen LogP contribution is -2.07. The average molecular weight is 250 g/mol. The highest BCUT2D eigenvalue weighted by atomic mass is 16.5. The molecule has 0 saturated heterocycles. The number of ether oxygens (including phenoxy) is 1. The number of benzene rings is 1. The minimum Gasteiger partial charge on any atom is -0.497 e. The molecular formula is C16H26O2. The van der Waals surface area contributed by atoms with Gasteiger partial charge in [0, 0.05) is 0 Å². The molecule has 1 aromatic rings. The minimum atomic E-state index is -0.373. The predicted molar refractivity (Wildman–Crippen MR) is 75.9 cm³/mol. The second kappa shape index (κ2) is 8.15. The number of aliphatic hydroxyl groups is 1. The van der Waals surface area contributed by atoms with Crippen LogP contribution in [0.3, 0.4) is 0 Å². The van der Waals surface area contributed by atoms with Crippen molar-refractivity contribution in [2.75, 3.05) is 7.11 Å². The van der Waals surface area contributed by atoms with Crippen LogP contribution in [0.4, 0.5) is 0 Å². The van der Waals surface area contributed by atoms with Gasteiger partial charge in [-0.25, -0.2) is 0 Å². The first-order valence-corrected chi connectivity index (χ1v) is 7.03. The molecule has 0 radical (unpaired) electrons. The van der Waals surface area contributed by atoms with Crippen LogP contribution in [0, 0.1) is 5.92 Å². The lowest BCUT2D eigenvalue weighted by Gasteiger charge is -2.19. The van der Waals surface area contributed by atoms with Crippen LogP contribution >= 0.6 is 0 Å². The Hall–Kier alpha value is -1.02.